The first kappa shape index (κ1) is 22.2. The number of nitrogens with zero attached hydrogens (tertiary/aromatic N) is 1. The number of anilines is 2. The van der Waals surface area contributed by atoms with Crippen molar-refractivity contribution < 1.29 is 18.7 Å². The number of aryl methyl sites for hydroxylation is 1. The lowest BCUT2D eigenvalue weighted by molar-refractivity contribution is -0.118. The molecule has 0 aromatic heterocycles. The number of amides is 2. The molecular formula is C24H20ClFN2O3S. The second-order valence-corrected chi connectivity index (χ2v) is 8.78. The van der Waals surface area contributed by atoms with Crippen LogP contribution in [0.2, 0.25) is 5.02 Å². The maximum Gasteiger partial charge on any atom is 0.262 e. The van der Waals surface area contributed by atoms with Crippen molar-refractivity contribution in [2.24, 2.45) is 0 Å². The van der Waals surface area contributed by atoms with E-state index in [0.29, 0.717) is 33.5 Å². The molecule has 1 aliphatic rings. The summed E-state index contributed by atoms with van der Waals surface area (Å²) in [6, 6.07) is 18.8. The first-order valence-corrected chi connectivity index (χ1v) is 11.3. The van der Waals surface area contributed by atoms with Gasteiger partial charge in [-0.2, -0.15) is 0 Å². The second kappa shape index (κ2) is 9.63. The van der Waals surface area contributed by atoms with Crippen molar-refractivity contribution >= 4 is 46.6 Å². The van der Waals surface area contributed by atoms with E-state index in [0.717, 1.165) is 5.56 Å². The molecule has 1 heterocycles. The molecule has 0 radical (unpaired) electrons. The van der Waals surface area contributed by atoms with Crippen LogP contribution in [0.25, 0.3) is 0 Å². The number of halogens is 2. The lowest BCUT2D eigenvalue weighted by Gasteiger charge is -2.25. The molecular weight excluding hydrogens is 451 g/mol. The van der Waals surface area contributed by atoms with Crippen molar-refractivity contribution in [3.8, 4) is 5.75 Å². The van der Waals surface area contributed by atoms with Crippen LogP contribution in [0.3, 0.4) is 0 Å². The van der Waals surface area contributed by atoms with E-state index >= 15 is 0 Å². The third-order valence-electron chi connectivity index (χ3n) is 4.96. The number of hydrogen-bond donors (Lipinski definition) is 1. The lowest BCUT2D eigenvalue weighted by Crippen LogP contribution is -2.28. The van der Waals surface area contributed by atoms with Gasteiger partial charge in [0.15, 0.2) is 6.61 Å². The molecule has 0 bridgehead atoms. The first-order chi connectivity index (χ1) is 15.4. The Morgan fingerprint density at radius 2 is 1.88 bits per heavy atom. The van der Waals surface area contributed by atoms with Gasteiger partial charge < -0.3 is 10.1 Å². The molecule has 1 saturated heterocycles. The summed E-state index contributed by atoms with van der Waals surface area (Å²) in [6.07, 6.45) is 0. The lowest BCUT2D eigenvalue weighted by atomic mass is 10.1. The summed E-state index contributed by atoms with van der Waals surface area (Å²) in [5.74, 6) is 0.163. The summed E-state index contributed by atoms with van der Waals surface area (Å²) >= 11 is 7.31. The van der Waals surface area contributed by atoms with Crippen molar-refractivity contribution in [2.45, 2.75) is 12.3 Å². The normalized spacial score (nSPS) is 15.7. The van der Waals surface area contributed by atoms with Gasteiger partial charge in [0.05, 0.1) is 5.75 Å². The van der Waals surface area contributed by atoms with Crippen LogP contribution in [-0.2, 0) is 9.59 Å². The van der Waals surface area contributed by atoms with Gasteiger partial charge >= 0.3 is 0 Å². The maximum atomic E-state index is 14.1. The smallest absolute Gasteiger partial charge is 0.262 e. The molecule has 5 nitrogen and oxygen atoms in total. The molecule has 1 fully saturated rings. The summed E-state index contributed by atoms with van der Waals surface area (Å²) in [5.41, 5.74) is 2.56. The van der Waals surface area contributed by atoms with Crippen LogP contribution >= 0.6 is 23.4 Å². The Bertz CT molecular complexity index is 1140. The van der Waals surface area contributed by atoms with Crippen molar-refractivity contribution in [1.29, 1.82) is 0 Å². The predicted octanol–water partition coefficient (Wildman–Crippen LogP) is 5.58. The number of thioether (sulfide) groups is 1. The number of ether oxygens (including phenoxy) is 1. The molecule has 2 amide bonds. The van der Waals surface area contributed by atoms with Gasteiger partial charge in [0, 0.05) is 16.4 Å². The van der Waals surface area contributed by atoms with Crippen molar-refractivity contribution in [2.75, 3.05) is 22.6 Å². The minimum atomic E-state index is -0.343. The third kappa shape index (κ3) is 5.06. The molecule has 4 rings (SSSR count). The fourth-order valence-electron chi connectivity index (χ4n) is 3.29. The number of rotatable bonds is 6. The van der Waals surface area contributed by atoms with E-state index in [9.17, 15) is 14.0 Å². The zero-order valence-electron chi connectivity index (χ0n) is 17.2. The Morgan fingerprint density at radius 3 is 2.56 bits per heavy atom. The van der Waals surface area contributed by atoms with Gasteiger partial charge in [0.1, 0.15) is 16.9 Å². The van der Waals surface area contributed by atoms with Gasteiger partial charge in [-0.15, -0.1) is 11.8 Å². The van der Waals surface area contributed by atoms with E-state index in [-0.39, 0.29) is 29.6 Å². The summed E-state index contributed by atoms with van der Waals surface area (Å²) in [4.78, 5) is 26.3. The monoisotopic (exact) mass is 470 g/mol. The van der Waals surface area contributed by atoms with Crippen molar-refractivity contribution in [3.63, 3.8) is 0 Å². The van der Waals surface area contributed by atoms with Gasteiger partial charge in [-0.25, -0.2) is 4.39 Å². The maximum absolute atomic E-state index is 14.1. The fourth-order valence-corrected chi connectivity index (χ4v) is 4.59. The molecule has 1 N–H and O–H groups in total. The summed E-state index contributed by atoms with van der Waals surface area (Å²) in [5, 5.41) is 3.11. The van der Waals surface area contributed by atoms with Gasteiger partial charge in [0.2, 0.25) is 5.91 Å². The molecule has 3 aromatic rings. The van der Waals surface area contributed by atoms with E-state index < -0.39 is 0 Å². The Labute approximate surface area is 194 Å². The third-order valence-corrected chi connectivity index (χ3v) is 6.43. The topological polar surface area (TPSA) is 58.6 Å². The molecule has 164 valence electrons. The standard InChI is InChI=1S/C24H20ClFN2O3S/c1-15-2-9-19(12-21(15)26)28-23(30)14-32-24(28)16-3-7-18(8-4-16)27-22(29)13-31-20-10-5-17(25)6-11-20/h2-12,24H,13-14H2,1H3,(H,27,29). The zero-order valence-corrected chi connectivity index (χ0v) is 18.8. The highest BCUT2D eigenvalue weighted by Gasteiger charge is 2.34. The Hall–Kier alpha value is -3.03. The molecule has 8 heteroatoms. The van der Waals surface area contributed by atoms with E-state index in [4.69, 9.17) is 16.3 Å². The molecule has 3 aromatic carbocycles. The first-order valence-electron chi connectivity index (χ1n) is 9.89. The van der Waals surface area contributed by atoms with Gasteiger partial charge in [-0.3, -0.25) is 14.5 Å². The van der Waals surface area contributed by atoms with Gasteiger partial charge in [-0.05, 0) is 66.6 Å². The van der Waals surface area contributed by atoms with Gasteiger partial charge in [0.25, 0.3) is 5.91 Å². The Balaban J connectivity index is 1.41. The molecule has 32 heavy (non-hydrogen) atoms. The summed E-state index contributed by atoms with van der Waals surface area (Å²) in [6.45, 7) is 1.55. The number of nitrogens with one attached hydrogen (secondary N) is 1. The predicted molar refractivity (Wildman–Crippen MR) is 126 cm³/mol. The number of hydrogen-bond acceptors (Lipinski definition) is 4. The zero-order chi connectivity index (χ0) is 22.7. The Morgan fingerprint density at radius 1 is 1.16 bits per heavy atom. The van der Waals surface area contributed by atoms with Gasteiger partial charge in [-0.1, -0.05) is 29.8 Å². The number of carbonyl (C=O) groups is 2. The van der Waals surface area contributed by atoms with Crippen LogP contribution in [0.15, 0.2) is 66.7 Å². The highest BCUT2D eigenvalue weighted by atomic mass is 35.5. The van der Waals surface area contributed by atoms with E-state index in [1.165, 1.54) is 17.8 Å². The van der Waals surface area contributed by atoms with Crippen LogP contribution in [-0.4, -0.2) is 24.2 Å². The van der Waals surface area contributed by atoms with Crippen LogP contribution in [0, 0.1) is 12.7 Å². The summed E-state index contributed by atoms with van der Waals surface area (Å²) < 4.78 is 19.5. The Kier molecular flexibility index (Phi) is 6.67. The minimum absolute atomic E-state index is 0.0695. The average molecular weight is 471 g/mol. The average Bonchev–Trinajstić information content (AvgIpc) is 3.17. The largest absolute Gasteiger partial charge is 0.484 e. The quantitative estimate of drug-likeness (QED) is 0.510. The van der Waals surface area contributed by atoms with Crippen molar-refractivity contribution in [1.82, 2.24) is 0 Å². The molecule has 0 saturated carbocycles. The second-order valence-electron chi connectivity index (χ2n) is 7.27. The fraction of sp³-hybridized carbons (Fsp3) is 0.167. The highest BCUT2D eigenvalue weighted by Crippen LogP contribution is 2.42. The number of carbonyl (C=O) groups excluding carboxylic acids is 2. The van der Waals surface area contributed by atoms with Crippen LogP contribution in [0.4, 0.5) is 15.8 Å². The molecule has 1 unspecified atom stereocenters. The van der Waals surface area contributed by atoms with Crippen LogP contribution < -0.4 is 15.0 Å². The molecule has 0 spiro atoms. The van der Waals surface area contributed by atoms with Crippen LogP contribution in [0.1, 0.15) is 16.5 Å². The van der Waals surface area contributed by atoms with Crippen molar-refractivity contribution in [3.05, 3.63) is 88.7 Å². The molecule has 1 aliphatic heterocycles. The highest BCUT2D eigenvalue weighted by molar-refractivity contribution is 8.00. The summed E-state index contributed by atoms with van der Waals surface area (Å²) in [7, 11) is 0. The molecule has 1 atom stereocenters. The minimum Gasteiger partial charge on any atom is -0.484 e. The van der Waals surface area contributed by atoms with E-state index in [1.54, 1.807) is 60.4 Å². The van der Waals surface area contributed by atoms with E-state index in [1.807, 2.05) is 12.1 Å². The van der Waals surface area contributed by atoms with Crippen LogP contribution in [0.5, 0.6) is 5.75 Å². The molecule has 0 aliphatic carbocycles. The van der Waals surface area contributed by atoms with E-state index in [2.05, 4.69) is 5.32 Å². The number of benzene rings is 3. The SMILES string of the molecule is Cc1ccc(N2C(=O)CSC2c2ccc(NC(=O)COc3ccc(Cl)cc3)cc2)cc1F.